The van der Waals surface area contributed by atoms with Crippen LogP contribution in [0, 0.1) is 0 Å². The fraction of sp³-hybridized carbons (Fsp3) is 0.214. The summed E-state index contributed by atoms with van der Waals surface area (Å²) in [6, 6.07) is 7.02. The Kier molecular flexibility index (Phi) is 2.08. The molecule has 0 aliphatic carbocycles. The second-order valence-corrected chi connectivity index (χ2v) is 4.37. The van der Waals surface area contributed by atoms with Crippen molar-refractivity contribution in [1.29, 1.82) is 0 Å². The van der Waals surface area contributed by atoms with Crippen LogP contribution in [0.4, 0.5) is 0 Å². The van der Waals surface area contributed by atoms with Gasteiger partial charge in [-0.1, -0.05) is 6.58 Å². The van der Waals surface area contributed by atoms with Gasteiger partial charge in [0.05, 0.1) is 0 Å². The Bertz CT molecular complexity index is 667. The summed E-state index contributed by atoms with van der Waals surface area (Å²) >= 11 is 0. The van der Waals surface area contributed by atoms with Crippen molar-refractivity contribution in [3.05, 3.63) is 52.4 Å². The molecule has 1 aliphatic heterocycles. The van der Waals surface area contributed by atoms with Crippen molar-refractivity contribution in [3.63, 3.8) is 0 Å². The molecule has 0 saturated carbocycles. The summed E-state index contributed by atoms with van der Waals surface area (Å²) in [6.45, 7) is 5.84. The highest BCUT2D eigenvalue weighted by Gasteiger charge is 2.26. The first-order valence-electron chi connectivity index (χ1n) is 5.53. The lowest BCUT2D eigenvalue weighted by Gasteiger charge is -2.08. The molecule has 0 fully saturated rings. The van der Waals surface area contributed by atoms with Gasteiger partial charge < -0.3 is 9.15 Å². The van der Waals surface area contributed by atoms with E-state index < -0.39 is 0 Å². The van der Waals surface area contributed by atoms with Crippen LogP contribution in [0.3, 0.4) is 0 Å². The van der Waals surface area contributed by atoms with E-state index in [9.17, 15) is 4.79 Å². The van der Waals surface area contributed by atoms with Crippen LogP contribution in [0.25, 0.3) is 11.0 Å². The van der Waals surface area contributed by atoms with Gasteiger partial charge in [-0.15, -0.1) is 0 Å². The van der Waals surface area contributed by atoms with E-state index in [-0.39, 0.29) is 11.7 Å². The van der Waals surface area contributed by atoms with E-state index in [0.29, 0.717) is 5.58 Å². The molecule has 1 aromatic carbocycles. The molecule has 3 heteroatoms. The van der Waals surface area contributed by atoms with Gasteiger partial charge in [0.1, 0.15) is 17.4 Å². The smallest absolute Gasteiger partial charge is 0.336 e. The van der Waals surface area contributed by atoms with Crippen LogP contribution >= 0.6 is 0 Å². The highest BCUT2D eigenvalue weighted by Crippen LogP contribution is 2.35. The van der Waals surface area contributed by atoms with Crippen molar-refractivity contribution >= 4 is 11.0 Å². The van der Waals surface area contributed by atoms with Crippen molar-refractivity contribution in [2.24, 2.45) is 0 Å². The first kappa shape index (κ1) is 10.1. The van der Waals surface area contributed by atoms with E-state index in [1.54, 1.807) is 6.07 Å². The molecule has 0 unspecified atom stereocenters. The minimum absolute atomic E-state index is 0.0129. The maximum atomic E-state index is 11.3. The molecule has 0 saturated heterocycles. The summed E-state index contributed by atoms with van der Waals surface area (Å²) in [5, 5.41) is 0.925. The van der Waals surface area contributed by atoms with Crippen molar-refractivity contribution in [2.45, 2.75) is 19.4 Å². The molecule has 17 heavy (non-hydrogen) atoms. The van der Waals surface area contributed by atoms with E-state index in [1.165, 1.54) is 6.07 Å². The number of hydrogen-bond donors (Lipinski definition) is 0. The monoisotopic (exact) mass is 228 g/mol. The molecule has 1 aliphatic rings. The Hall–Kier alpha value is -2.03. The molecule has 0 radical (unpaired) electrons. The molecular weight excluding hydrogens is 216 g/mol. The van der Waals surface area contributed by atoms with Crippen LogP contribution in [0.5, 0.6) is 5.75 Å². The Morgan fingerprint density at radius 2 is 2.12 bits per heavy atom. The van der Waals surface area contributed by atoms with Crippen LogP contribution in [-0.4, -0.2) is 6.10 Å². The third kappa shape index (κ3) is 1.55. The van der Waals surface area contributed by atoms with Gasteiger partial charge in [-0.3, -0.25) is 0 Å². The van der Waals surface area contributed by atoms with Gasteiger partial charge in [0.2, 0.25) is 0 Å². The van der Waals surface area contributed by atoms with Crippen LogP contribution in [0.2, 0.25) is 0 Å². The van der Waals surface area contributed by atoms with Crippen LogP contribution in [0.15, 0.2) is 45.6 Å². The van der Waals surface area contributed by atoms with Gasteiger partial charge in [-0.25, -0.2) is 4.79 Å². The van der Waals surface area contributed by atoms with E-state index in [2.05, 4.69) is 6.58 Å². The molecule has 86 valence electrons. The average molecular weight is 228 g/mol. The van der Waals surface area contributed by atoms with E-state index in [1.807, 2.05) is 19.1 Å². The fourth-order valence-electron chi connectivity index (χ4n) is 2.13. The average Bonchev–Trinajstić information content (AvgIpc) is 2.73. The zero-order valence-electron chi connectivity index (χ0n) is 9.53. The number of benzene rings is 1. The Morgan fingerprint density at radius 1 is 1.35 bits per heavy atom. The minimum atomic E-state index is -0.329. The summed E-state index contributed by atoms with van der Waals surface area (Å²) < 4.78 is 11.0. The predicted molar refractivity (Wildman–Crippen MR) is 65.4 cm³/mol. The van der Waals surface area contributed by atoms with Crippen LogP contribution in [0.1, 0.15) is 12.5 Å². The zero-order valence-corrected chi connectivity index (χ0v) is 9.53. The summed E-state index contributed by atoms with van der Waals surface area (Å²) in [5.74, 6) is 0.792. The van der Waals surface area contributed by atoms with Crippen LogP contribution < -0.4 is 10.4 Å². The van der Waals surface area contributed by atoms with Gasteiger partial charge in [0, 0.05) is 23.4 Å². The topological polar surface area (TPSA) is 39.4 Å². The molecule has 0 spiro atoms. The second kappa shape index (κ2) is 3.48. The van der Waals surface area contributed by atoms with Crippen molar-refractivity contribution in [2.75, 3.05) is 0 Å². The zero-order chi connectivity index (χ0) is 12.0. The molecule has 2 aromatic rings. The summed E-state index contributed by atoms with van der Waals surface area (Å²) in [4.78, 5) is 11.3. The Balaban J connectivity index is 2.22. The number of hydrogen-bond acceptors (Lipinski definition) is 3. The lowest BCUT2D eigenvalue weighted by Crippen LogP contribution is -2.13. The minimum Gasteiger partial charge on any atom is -0.485 e. The van der Waals surface area contributed by atoms with Crippen molar-refractivity contribution in [3.8, 4) is 5.75 Å². The van der Waals surface area contributed by atoms with E-state index in [0.717, 1.165) is 28.7 Å². The molecular formula is C14H12O3. The predicted octanol–water partition coefficient (Wildman–Crippen LogP) is 2.67. The summed E-state index contributed by atoms with van der Waals surface area (Å²) in [6.07, 6.45) is 0.704. The highest BCUT2D eigenvalue weighted by molar-refractivity contribution is 5.82. The van der Waals surface area contributed by atoms with Gasteiger partial charge in [-0.2, -0.15) is 0 Å². The van der Waals surface area contributed by atoms with Crippen LogP contribution in [-0.2, 0) is 6.42 Å². The summed E-state index contributed by atoms with van der Waals surface area (Å²) in [5.41, 5.74) is 2.25. The standard InChI is InChI=1S/C14H12O3/c1-8(2)12-7-10-11(16-12)5-3-9-4-6-13(15)17-14(9)10/h3-6,12H,1,7H2,2H3/t12-/m0/s1. The number of fused-ring (bicyclic) bond motifs is 3. The van der Waals surface area contributed by atoms with Gasteiger partial charge in [0.25, 0.3) is 0 Å². The van der Waals surface area contributed by atoms with Gasteiger partial charge in [0.15, 0.2) is 0 Å². The molecule has 2 heterocycles. The molecule has 0 N–H and O–H groups in total. The number of ether oxygens (including phenoxy) is 1. The normalized spacial score (nSPS) is 17.8. The Morgan fingerprint density at radius 3 is 2.88 bits per heavy atom. The third-order valence-electron chi connectivity index (χ3n) is 3.06. The largest absolute Gasteiger partial charge is 0.485 e. The van der Waals surface area contributed by atoms with Gasteiger partial charge in [-0.05, 0) is 30.7 Å². The first-order valence-corrected chi connectivity index (χ1v) is 5.53. The number of rotatable bonds is 1. The first-order chi connectivity index (χ1) is 8.15. The second-order valence-electron chi connectivity index (χ2n) is 4.37. The van der Waals surface area contributed by atoms with Crippen molar-refractivity contribution in [1.82, 2.24) is 0 Å². The van der Waals surface area contributed by atoms with Crippen molar-refractivity contribution < 1.29 is 9.15 Å². The highest BCUT2D eigenvalue weighted by atomic mass is 16.5. The van der Waals surface area contributed by atoms with Gasteiger partial charge >= 0.3 is 5.63 Å². The molecule has 3 rings (SSSR count). The van der Waals surface area contributed by atoms with E-state index in [4.69, 9.17) is 9.15 Å². The lowest BCUT2D eigenvalue weighted by molar-refractivity contribution is 0.271. The molecule has 0 bridgehead atoms. The maximum absolute atomic E-state index is 11.3. The quantitative estimate of drug-likeness (QED) is 0.556. The molecule has 1 atom stereocenters. The molecule has 0 amide bonds. The lowest BCUT2D eigenvalue weighted by atomic mass is 10.0. The van der Waals surface area contributed by atoms with E-state index >= 15 is 0 Å². The SMILES string of the molecule is C=C(C)[C@@H]1Cc2c(ccc3ccc(=O)oc23)O1. The maximum Gasteiger partial charge on any atom is 0.336 e. The third-order valence-corrected chi connectivity index (χ3v) is 3.06. The molecule has 3 nitrogen and oxygen atoms in total. The summed E-state index contributed by atoms with van der Waals surface area (Å²) in [7, 11) is 0. The fourth-order valence-corrected chi connectivity index (χ4v) is 2.13. The Labute approximate surface area is 98.3 Å². The molecule has 1 aromatic heterocycles.